The number of H-pyrrole nitrogens is 1. The fraction of sp³-hybridized carbons (Fsp3) is 0.0800. The largest absolute Gasteiger partial charge is 0.507 e. The summed E-state index contributed by atoms with van der Waals surface area (Å²) in [6.07, 6.45) is 4.93. The highest BCUT2D eigenvalue weighted by Gasteiger charge is 2.46. The molecule has 1 aliphatic rings. The SMILES string of the molecule is O=C1C(=O)N(Cc2ccncc2)C(c2c[nH]c3ccccc23)/C1=C(\O)c1ccc([N+](=O)[O-])cc1. The Morgan fingerprint density at radius 2 is 1.76 bits per heavy atom. The average molecular weight is 454 g/mol. The minimum Gasteiger partial charge on any atom is -0.507 e. The molecule has 1 saturated heterocycles. The van der Waals surface area contributed by atoms with E-state index in [0.29, 0.717) is 5.56 Å². The molecule has 1 unspecified atom stereocenters. The van der Waals surface area contributed by atoms with Crippen molar-refractivity contribution in [3.63, 3.8) is 0 Å². The minimum absolute atomic E-state index is 0.0716. The Morgan fingerprint density at radius 1 is 1.06 bits per heavy atom. The molecule has 0 radical (unpaired) electrons. The zero-order valence-corrected chi connectivity index (χ0v) is 17.7. The lowest BCUT2D eigenvalue weighted by Crippen LogP contribution is -2.29. The number of amides is 1. The molecule has 1 amide bonds. The first kappa shape index (κ1) is 21.1. The highest BCUT2D eigenvalue weighted by molar-refractivity contribution is 6.46. The number of carbonyl (C=O) groups excluding carboxylic acids is 2. The summed E-state index contributed by atoms with van der Waals surface area (Å²) < 4.78 is 0. The third-order valence-corrected chi connectivity index (χ3v) is 5.91. The van der Waals surface area contributed by atoms with Crippen LogP contribution >= 0.6 is 0 Å². The third kappa shape index (κ3) is 3.49. The average Bonchev–Trinajstić information content (AvgIpc) is 3.38. The molecule has 1 aliphatic heterocycles. The standard InChI is InChI=1S/C25H18N4O5/c30-23(16-5-7-17(8-6-16)29(33)34)21-22(19-13-27-20-4-2-1-3-18(19)20)28(25(32)24(21)31)14-15-9-11-26-12-10-15/h1-13,22,27,30H,14H2/b23-21+. The molecule has 1 atom stereocenters. The molecule has 3 heterocycles. The molecule has 2 aromatic carbocycles. The van der Waals surface area contributed by atoms with Crippen molar-refractivity contribution < 1.29 is 19.6 Å². The number of ketones is 1. The number of rotatable bonds is 5. The van der Waals surface area contributed by atoms with E-state index >= 15 is 0 Å². The predicted molar refractivity (Wildman–Crippen MR) is 123 cm³/mol. The molecule has 4 aromatic rings. The lowest BCUT2D eigenvalue weighted by molar-refractivity contribution is -0.384. The number of nitro groups is 1. The van der Waals surface area contributed by atoms with Gasteiger partial charge in [0.05, 0.1) is 16.5 Å². The molecule has 2 N–H and O–H groups in total. The van der Waals surface area contributed by atoms with Crippen LogP contribution in [0.5, 0.6) is 0 Å². The van der Waals surface area contributed by atoms with Crippen molar-refractivity contribution in [1.29, 1.82) is 0 Å². The van der Waals surface area contributed by atoms with Gasteiger partial charge < -0.3 is 15.0 Å². The van der Waals surface area contributed by atoms with Crippen molar-refractivity contribution in [1.82, 2.24) is 14.9 Å². The number of nitrogens with zero attached hydrogens (tertiary/aromatic N) is 3. The third-order valence-electron chi connectivity index (χ3n) is 5.91. The Morgan fingerprint density at radius 3 is 2.47 bits per heavy atom. The molecule has 5 rings (SSSR count). The first-order valence-corrected chi connectivity index (χ1v) is 10.4. The maximum absolute atomic E-state index is 13.2. The molecule has 0 bridgehead atoms. The topological polar surface area (TPSA) is 129 Å². The first-order valence-electron chi connectivity index (χ1n) is 10.4. The second-order valence-electron chi connectivity index (χ2n) is 7.88. The van der Waals surface area contributed by atoms with Gasteiger partial charge in [0.25, 0.3) is 17.4 Å². The fourth-order valence-electron chi connectivity index (χ4n) is 4.27. The van der Waals surface area contributed by atoms with Crippen LogP contribution < -0.4 is 0 Å². The van der Waals surface area contributed by atoms with Gasteiger partial charge in [0.2, 0.25) is 0 Å². The summed E-state index contributed by atoms with van der Waals surface area (Å²) in [6.45, 7) is 0.133. The van der Waals surface area contributed by atoms with E-state index < -0.39 is 22.7 Å². The Bertz CT molecular complexity index is 1460. The summed E-state index contributed by atoms with van der Waals surface area (Å²) >= 11 is 0. The van der Waals surface area contributed by atoms with E-state index in [1.807, 2.05) is 24.3 Å². The van der Waals surface area contributed by atoms with Gasteiger partial charge in [-0.1, -0.05) is 18.2 Å². The lowest BCUT2D eigenvalue weighted by atomic mass is 9.94. The number of Topliss-reactive ketones (excluding diaryl/α,β-unsaturated/α-hetero) is 1. The molecule has 1 fully saturated rings. The number of carbonyl (C=O) groups is 2. The molecular weight excluding hydrogens is 436 g/mol. The number of hydrogen-bond acceptors (Lipinski definition) is 6. The fourth-order valence-corrected chi connectivity index (χ4v) is 4.27. The summed E-state index contributed by atoms with van der Waals surface area (Å²) in [7, 11) is 0. The lowest BCUT2D eigenvalue weighted by Gasteiger charge is -2.25. The number of non-ortho nitro benzene ring substituents is 1. The number of aromatic nitrogens is 2. The highest BCUT2D eigenvalue weighted by Crippen LogP contribution is 2.42. The number of aliphatic hydroxyl groups excluding tert-OH is 1. The molecule has 168 valence electrons. The number of aromatic amines is 1. The summed E-state index contributed by atoms with van der Waals surface area (Å²) in [5.41, 5.74) is 2.24. The monoisotopic (exact) mass is 454 g/mol. The molecule has 0 spiro atoms. The van der Waals surface area contributed by atoms with Gasteiger partial charge in [0, 0.05) is 59.3 Å². The van der Waals surface area contributed by atoms with Crippen LogP contribution in [-0.4, -0.2) is 36.6 Å². The maximum atomic E-state index is 13.2. The molecule has 34 heavy (non-hydrogen) atoms. The number of pyridine rings is 1. The van der Waals surface area contributed by atoms with Gasteiger partial charge in [-0.2, -0.15) is 0 Å². The van der Waals surface area contributed by atoms with Crippen molar-refractivity contribution in [2.45, 2.75) is 12.6 Å². The first-order chi connectivity index (χ1) is 16.5. The van der Waals surface area contributed by atoms with Crippen LogP contribution in [0, 0.1) is 10.1 Å². The number of hydrogen-bond donors (Lipinski definition) is 2. The molecule has 0 aliphatic carbocycles. The molecule has 9 nitrogen and oxygen atoms in total. The number of nitro benzene ring substituents is 1. The number of fused-ring (bicyclic) bond motifs is 1. The smallest absolute Gasteiger partial charge is 0.295 e. The van der Waals surface area contributed by atoms with Crippen LogP contribution in [0.1, 0.15) is 22.7 Å². The van der Waals surface area contributed by atoms with Gasteiger partial charge in [-0.25, -0.2) is 0 Å². The second-order valence-corrected chi connectivity index (χ2v) is 7.88. The van der Waals surface area contributed by atoms with Gasteiger partial charge >= 0.3 is 0 Å². The van der Waals surface area contributed by atoms with E-state index in [1.165, 1.54) is 29.2 Å². The van der Waals surface area contributed by atoms with Crippen LogP contribution in [0.25, 0.3) is 16.7 Å². The van der Waals surface area contributed by atoms with E-state index in [0.717, 1.165) is 16.5 Å². The normalized spacial score (nSPS) is 17.4. The number of benzene rings is 2. The second kappa shape index (κ2) is 8.28. The van der Waals surface area contributed by atoms with Crippen molar-refractivity contribution in [2.75, 3.05) is 0 Å². The van der Waals surface area contributed by atoms with Crippen LogP contribution in [0.3, 0.4) is 0 Å². The van der Waals surface area contributed by atoms with Crippen molar-refractivity contribution in [3.8, 4) is 0 Å². The van der Waals surface area contributed by atoms with Crippen molar-refractivity contribution in [2.24, 2.45) is 0 Å². The minimum atomic E-state index is -0.862. The van der Waals surface area contributed by atoms with Gasteiger partial charge in [0.15, 0.2) is 0 Å². The maximum Gasteiger partial charge on any atom is 0.295 e. The number of likely N-dealkylation sites (tertiary alicyclic amines) is 1. The van der Waals surface area contributed by atoms with Crippen molar-refractivity contribution >= 4 is 34.0 Å². The zero-order valence-electron chi connectivity index (χ0n) is 17.7. The Balaban J connectivity index is 1.68. The van der Waals surface area contributed by atoms with E-state index in [2.05, 4.69) is 9.97 Å². The number of aliphatic hydroxyl groups is 1. The van der Waals surface area contributed by atoms with E-state index in [4.69, 9.17) is 0 Å². The van der Waals surface area contributed by atoms with Crippen LogP contribution in [0.15, 0.2) is 84.8 Å². The molecule has 2 aromatic heterocycles. The van der Waals surface area contributed by atoms with Gasteiger partial charge in [-0.05, 0) is 35.9 Å². The quantitative estimate of drug-likeness (QED) is 0.154. The number of nitrogens with one attached hydrogen (secondary N) is 1. The number of para-hydroxylation sites is 1. The Hall–Kier alpha value is -4.79. The summed E-state index contributed by atoms with van der Waals surface area (Å²) in [4.78, 5) is 45.4. The van der Waals surface area contributed by atoms with E-state index in [1.54, 1.807) is 30.7 Å². The van der Waals surface area contributed by atoms with Crippen molar-refractivity contribution in [3.05, 3.63) is 112 Å². The summed E-state index contributed by atoms with van der Waals surface area (Å²) in [5.74, 6) is -1.95. The summed E-state index contributed by atoms with van der Waals surface area (Å²) in [5, 5.41) is 23.0. The Kier molecular flexibility index (Phi) is 5.14. The van der Waals surface area contributed by atoms with Gasteiger partial charge in [0.1, 0.15) is 5.76 Å². The molecule has 9 heteroatoms. The van der Waals surface area contributed by atoms with E-state index in [-0.39, 0.29) is 29.1 Å². The van der Waals surface area contributed by atoms with Crippen LogP contribution in [-0.2, 0) is 16.1 Å². The van der Waals surface area contributed by atoms with Gasteiger partial charge in [-0.15, -0.1) is 0 Å². The zero-order chi connectivity index (χ0) is 23.8. The summed E-state index contributed by atoms with van der Waals surface area (Å²) in [6, 6.07) is 15.3. The highest BCUT2D eigenvalue weighted by atomic mass is 16.6. The van der Waals surface area contributed by atoms with Gasteiger partial charge in [-0.3, -0.25) is 24.7 Å². The Labute approximate surface area is 193 Å². The van der Waals surface area contributed by atoms with Crippen LogP contribution in [0.2, 0.25) is 0 Å². The van der Waals surface area contributed by atoms with Crippen LogP contribution in [0.4, 0.5) is 5.69 Å². The predicted octanol–water partition coefficient (Wildman–Crippen LogP) is 4.09. The molecular formula is C25H18N4O5. The van der Waals surface area contributed by atoms with E-state index in [9.17, 15) is 24.8 Å². The molecule has 0 saturated carbocycles.